The predicted octanol–water partition coefficient (Wildman–Crippen LogP) is 2.71. The van der Waals surface area contributed by atoms with Crippen LogP contribution in [0.1, 0.15) is 0 Å². The third-order valence-corrected chi connectivity index (χ3v) is 4.58. The number of hydrogen-bond acceptors (Lipinski definition) is 4. The van der Waals surface area contributed by atoms with Crippen LogP contribution in [0.25, 0.3) is 0 Å². The molecular weight excluding hydrogens is 350 g/mol. The highest BCUT2D eigenvalue weighted by Gasteiger charge is 2.12. The van der Waals surface area contributed by atoms with Crippen LogP contribution in [0.3, 0.4) is 0 Å². The van der Waals surface area contributed by atoms with Crippen molar-refractivity contribution in [2.24, 2.45) is 0 Å². The molecule has 5 nitrogen and oxygen atoms in total. The Labute approximate surface area is 146 Å². The average molecular weight is 366 g/mol. The second-order valence-electron chi connectivity index (χ2n) is 4.58. The first-order valence-electron chi connectivity index (χ1n) is 7.00. The number of para-hydroxylation sites is 2. The zero-order chi connectivity index (χ0) is 17.4. The van der Waals surface area contributed by atoms with Gasteiger partial charge in [0, 0.05) is 5.02 Å². The zero-order valence-electron chi connectivity index (χ0n) is 13.0. The van der Waals surface area contributed by atoms with Crippen LogP contribution in [0.5, 0.6) is 11.5 Å². The Morgan fingerprint density at radius 2 is 1.83 bits per heavy atom. The Hall–Kier alpha value is -2.20. The Bertz CT molecular complexity index is 856. The van der Waals surface area contributed by atoms with Crippen LogP contribution in [0.4, 0.5) is 0 Å². The molecule has 0 spiro atoms. The van der Waals surface area contributed by atoms with Crippen LogP contribution in [-0.2, 0) is 10.0 Å². The molecule has 0 saturated carbocycles. The van der Waals surface area contributed by atoms with E-state index in [1.165, 1.54) is 12.1 Å². The largest absolute Gasteiger partial charge is 0.493 e. The maximum atomic E-state index is 12.0. The number of ether oxygens (including phenoxy) is 2. The molecule has 0 aromatic heterocycles. The molecule has 0 fully saturated rings. The third kappa shape index (κ3) is 5.17. The topological polar surface area (TPSA) is 64.6 Å². The van der Waals surface area contributed by atoms with Crippen molar-refractivity contribution in [3.63, 3.8) is 0 Å². The van der Waals surface area contributed by atoms with E-state index in [1.54, 1.807) is 31.4 Å². The van der Waals surface area contributed by atoms with E-state index in [-0.39, 0.29) is 18.0 Å². The first-order valence-corrected chi connectivity index (χ1v) is 8.86. The van der Waals surface area contributed by atoms with E-state index in [4.69, 9.17) is 21.1 Å². The fourth-order valence-corrected chi connectivity index (χ4v) is 3.04. The third-order valence-electron chi connectivity index (χ3n) is 2.95. The Kier molecular flexibility index (Phi) is 6.50. The minimum absolute atomic E-state index is 0.0237. The highest BCUT2D eigenvalue weighted by molar-refractivity contribution is 7.89. The molecule has 24 heavy (non-hydrogen) atoms. The van der Waals surface area contributed by atoms with Gasteiger partial charge in [-0.25, -0.2) is 8.42 Å². The Morgan fingerprint density at radius 3 is 2.54 bits per heavy atom. The smallest absolute Gasteiger partial charge is 0.241 e. The van der Waals surface area contributed by atoms with E-state index in [2.05, 4.69) is 16.6 Å². The first kappa shape index (κ1) is 18.1. The predicted molar refractivity (Wildman–Crippen MR) is 92.9 cm³/mol. The quantitative estimate of drug-likeness (QED) is 0.799. The molecule has 0 amide bonds. The van der Waals surface area contributed by atoms with Crippen molar-refractivity contribution in [1.29, 1.82) is 0 Å². The zero-order valence-corrected chi connectivity index (χ0v) is 14.5. The average Bonchev–Trinajstić information content (AvgIpc) is 2.58. The Balaban J connectivity index is 1.86. The van der Waals surface area contributed by atoms with Crippen LogP contribution in [0, 0.1) is 11.8 Å². The molecule has 2 rings (SSSR count). The summed E-state index contributed by atoms with van der Waals surface area (Å²) in [5.74, 6) is 6.62. The van der Waals surface area contributed by atoms with Crippen molar-refractivity contribution in [3.05, 3.63) is 53.6 Å². The van der Waals surface area contributed by atoms with Gasteiger partial charge in [-0.05, 0) is 30.3 Å². The molecule has 0 unspecified atom stereocenters. The molecule has 0 aliphatic heterocycles. The van der Waals surface area contributed by atoms with Crippen LogP contribution >= 0.6 is 11.6 Å². The lowest BCUT2D eigenvalue weighted by Gasteiger charge is -2.07. The van der Waals surface area contributed by atoms with Gasteiger partial charge >= 0.3 is 0 Å². The fraction of sp³-hybridized carbons (Fsp3) is 0.176. The van der Waals surface area contributed by atoms with E-state index in [1.807, 2.05) is 12.1 Å². The van der Waals surface area contributed by atoms with Crippen LogP contribution in [-0.4, -0.2) is 28.7 Å². The van der Waals surface area contributed by atoms with Gasteiger partial charge in [-0.15, -0.1) is 0 Å². The molecular formula is C17H16ClNO4S. The van der Waals surface area contributed by atoms with Crippen LogP contribution in [0.15, 0.2) is 53.4 Å². The standard InChI is InChI=1S/C17H16ClNO4S/c1-22-16-9-2-3-10-17(16)23-12-5-4-11-19-24(20,21)15-8-6-7-14(18)13-15/h2-3,6-10,13,19H,11-12H2,1H3. The van der Waals surface area contributed by atoms with Crippen molar-refractivity contribution in [1.82, 2.24) is 4.72 Å². The maximum absolute atomic E-state index is 12.0. The molecule has 0 aliphatic rings. The number of hydrogen-bond donors (Lipinski definition) is 1. The monoisotopic (exact) mass is 365 g/mol. The molecule has 0 heterocycles. The molecule has 0 aliphatic carbocycles. The highest BCUT2D eigenvalue weighted by atomic mass is 35.5. The van der Waals surface area contributed by atoms with Gasteiger partial charge in [0.25, 0.3) is 0 Å². The number of nitrogens with one attached hydrogen (secondary N) is 1. The van der Waals surface area contributed by atoms with Crippen LogP contribution < -0.4 is 14.2 Å². The summed E-state index contributed by atoms with van der Waals surface area (Å²) in [7, 11) is -2.08. The lowest BCUT2D eigenvalue weighted by atomic mass is 10.3. The second kappa shape index (κ2) is 8.60. The number of rotatable bonds is 6. The molecule has 0 bridgehead atoms. The van der Waals surface area contributed by atoms with Gasteiger partial charge in [0.2, 0.25) is 10.0 Å². The second-order valence-corrected chi connectivity index (χ2v) is 6.78. The molecule has 7 heteroatoms. The van der Waals surface area contributed by atoms with Crippen molar-refractivity contribution in [2.75, 3.05) is 20.3 Å². The normalized spacial score (nSPS) is 10.6. The lowest BCUT2D eigenvalue weighted by Crippen LogP contribution is -2.24. The molecule has 2 aromatic rings. The van der Waals surface area contributed by atoms with Gasteiger partial charge in [0.15, 0.2) is 11.5 Å². The van der Waals surface area contributed by atoms with Crippen molar-refractivity contribution < 1.29 is 17.9 Å². The minimum atomic E-state index is -3.63. The van der Waals surface area contributed by atoms with Crippen molar-refractivity contribution >= 4 is 21.6 Å². The molecule has 1 N–H and O–H groups in total. The molecule has 0 atom stereocenters. The fourth-order valence-electron chi connectivity index (χ4n) is 1.81. The van der Waals surface area contributed by atoms with Gasteiger partial charge in [-0.1, -0.05) is 41.6 Å². The summed E-state index contributed by atoms with van der Waals surface area (Å²) in [6.45, 7) is 0.101. The van der Waals surface area contributed by atoms with Gasteiger partial charge in [0.05, 0.1) is 18.6 Å². The van der Waals surface area contributed by atoms with E-state index >= 15 is 0 Å². The van der Waals surface area contributed by atoms with Gasteiger partial charge < -0.3 is 9.47 Å². The minimum Gasteiger partial charge on any atom is -0.493 e. The summed E-state index contributed by atoms with van der Waals surface area (Å²) < 4.78 is 37.1. The summed E-state index contributed by atoms with van der Waals surface area (Å²) in [4.78, 5) is 0.0991. The van der Waals surface area contributed by atoms with Crippen molar-refractivity contribution in [3.8, 4) is 23.3 Å². The summed E-state index contributed by atoms with van der Waals surface area (Å²) in [5, 5.41) is 0.356. The summed E-state index contributed by atoms with van der Waals surface area (Å²) in [6.07, 6.45) is 0. The van der Waals surface area contributed by atoms with E-state index in [0.29, 0.717) is 16.5 Å². The summed E-state index contributed by atoms with van der Waals surface area (Å²) in [5.41, 5.74) is 0. The molecule has 126 valence electrons. The summed E-state index contributed by atoms with van der Waals surface area (Å²) >= 11 is 5.79. The van der Waals surface area contributed by atoms with Gasteiger partial charge in [-0.2, -0.15) is 4.72 Å². The van der Waals surface area contributed by atoms with Gasteiger partial charge in [-0.3, -0.25) is 0 Å². The lowest BCUT2D eigenvalue weighted by molar-refractivity contribution is 0.331. The first-order chi connectivity index (χ1) is 11.5. The number of methoxy groups -OCH3 is 1. The van der Waals surface area contributed by atoms with Gasteiger partial charge in [0.1, 0.15) is 6.61 Å². The maximum Gasteiger partial charge on any atom is 0.241 e. The van der Waals surface area contributed by atoms with E-state index < -0.39 is 10.0 Å². The number of sulfonamides is 1. The SMILES string of the molecule is COc1ccccc1OCC#CCNS(=O)(=O)c1cccc(Cl)c1. The number of halogens is 1. The molecule has 0 saturated heterocycles. The highest BCUT2D eigenvalue weighted by Crippen LogP contribution is 2.25. The molecule has 0 radical (unpaired) electrons. The molecule has 2 aromatic carbocycles. The van der Waals surface area contributed by atoms with Crippen molar-refractivity contribution in [2.45, 2.75) is 4.90 Å². The Morgan fingerprint density at radius 1 is 1.08 bits per heavy atom. The summed E-state index contributed by atoms with van der Waals surface area (Å²) in [6, 6.07) is 13.2. The van der Waals surface area contributed by atoms with Crippen LogP contribution in [0.2, 0.25) is 5.02 Å². The number of benzene rings is 2. The van der Waals surface area contributed by atoms with E-state index in [0.717, 1.165) is 0 Å². The van der Waals surface area contributed by atoms with E-state index in [9.17, 15) is 8.42 Å².